The van der Waals surface area contributed by atoms with Crippen molar-refractivity contribution < 1.29 is 0 Å². The molecule has 2 heterocycles. The Bertz CT molecular complexity index is 381. The van der Waals surface area contributed by atoms with E-state index < -0.39 is 0 Å². The minimum atomic E-state index is 0.0829. The Hall–Kier alpha value is -1.16. The molecule has 88 valence electrons. The van der Waals surface area contributed by atoms with Crippen molar-refractivity contribution in [3.63, 3.8) is 0 Å². The van der Waals surface area contributed by atoms with Gasteiger partial charge in [-0.3, -0.25) is 0 Å². The first-order valence-corrected chi connectivity index (χ1v) is 5.77. The van der Waals surface area contributed by atoms with E-state index in [9.17, 15) is 0 Å². The second kappa shape index (κ2) is 4.01. The first kappa shape index (κ1) is 11.3. The Balaban J connectivity index is 2.41. The summed E-state index contributed by atoms with van der Waals surface area (Å²) >= 11 is 0. The second-order valence-corrected chi connectivity index (χ2v) is 5.28. The van der Waals surface area contributed by atoms with Crippen LogP contribution in [0.1, 0.15) is 32.0 Å². The zero-order valence-electron chi connectivity index (χ0n) is 10.5. The zero-order valence-corrected chi connectivity index (χ0v) is 10.5. The molecular formula is C12H20N4. The summed E-state index contributed by atoms with van der Waals surface area (Å²) in [4.78, 5) is 11.0. The maximum Gasteiger partial charge on any atom is 0.136 e. The molecule has 0 aliphatic carbocycles. The summed E-state index contributed by atoms with van der Waals surface area (Å²) in [6.07, 6.45) is 2.69. The van der Waals surface area contributed by atoms with E-state index in [-0.39, 0.29) is 5.54 Å². The molecule has 1 aliphatic heterocycles. The highest BCUT2D eigenvalue weighted by atomic mass is 15.2. The van der Waals surface area contributed by atoms with Gasteiger partial charge in [0.25, 0.3) is 0 Å². The van der Waals surface area contributed by atoms with E-state index >= 15 is 0 Å². The van der Waals surface area contributed by atoms with E-state index in [2.05, 4.69) is 48.0 Å². The van der Waals surface area contributed by atoms with Crippen LogP contribution in [0.15, 0.2) is 6.33 Å². The fraction of sp³-hybridized carbons (Fsp3) is 0.667. The van der Waals surface area contributed by atoms with Gasteiger partial charge in [0.1, 0.15) is 12.1 Å². The van der Waals surface area contributed by atoms with Crippen LogP contribution in [-0.2, 0) is 13.0 Å². The Morgan fingerprint density at radius 1 is 1.31 bits per heavy atom. The van der Waals surface area contributed by atoms with Crippen LogP contribution < -0.4 is 10.2 Å². The van der Waals surface area contributed by atoms with Crippen molar-refractivity contribution in [3.8, 4) is 0 Å². The molecule has 1 N–H and O–H groups in total. The lowest BCUT2D eigenvalue weighted by Crippen LogP contribution is -2.40. The van der Waals surface area contributed by atoms with Crippen molar-refractivity contribution >= 4 is 5.82 Å². The Kier molecular flexibility index (Phi) is 2.84. The van der Waals surface area contributed by atoms with Crippen LogP contribution in [0.2, 0.25) is 0 Å². The fourth-order valence-corrected chi connectivity index (χ4v) is 1.86. The summed E-state index contributed by atoms with van der Waals surface area (Å²) < 4.78 is 0. The van der Waals surface area contributed by atoms with Gasteiger partial charge in [-0.2, -0.15) is 0 Å². The van der Waals surface area contributed by atoms with Crippen molar-refractivity contribution in [2.24, 2.45) is 0 Å². The van der Waals surface area contributed by atoms with E-state index in [0.29, 0.717) is 0 Å². The molecule has 1 aromatic heterocycles. The van der Waals surface area contributed by atoms with E-state index in [0.717, 1.165) is 25.3 Å². The highest BCUT2D eigenvalue weighted by Crippen LogP contribution is 2.26. The lowest BCUT2D eigenvalue weighted by Gasteiger charge is -2.35. The number of fused-ring (bicyclic) bond motifs is 1. The summed E-state index contributed by atoms with van der Waals surface area (Å²) in [6.45, 7) is 8.47. The molecule has 0 bridgehead atoms. The van der Waals surface area contributed by atoms with Crippen LogP contribution in [0.5, 0.6) is 0 Å². The molecular weight excluding hydrogens is 200 g/mol. The third-order valence-electron chi connectivity index (χ3n) is 3.18. The van der Waals surface area contributed by atoms with Crippen molar-refractivity contribution in [1.29, 1.82) is 0 Å². The average Bonchev–Trinajstić information content (AvgIpc) is 2.26. The van der Waals surface area contributed by atoms with Crippen LogP contribution in [0.25, 0.3) is 0 Å². The predicted octanol–water partition coefficient (Wildman–Crippen LogP) is 1.36. The number of aromatic nitrogens is 2. The standard InChI is InChI=1S/C12H20N4/c1-12(2,3)16(4)11-9-7-13-6-5-10(9)14-8-15-11/h8,13H,5-7H2,1-4H3. The Labute approximate surface area is 97.1 Å². The first-order chi connectivity index (χ1) is 7.50. The molecule has 0 radical (unpaired) electrons. The lowest BCUT2D eigenvalue weighted by atomic mass is 10.0. The maximum atomic E-state index is 4.43. The summed E-state index contributed by atoms with van der Waals surface area (Å²) in [6, 6.07) is 0. The molecule has 1 aliphatic rings. The van der Waals surface area contributed by atoms with E-state index in [1.165, 1.54) is 11.3 Å². The first-order valence-electron chi connectivity index (χ1n) is 5.77. The lowest BCUT2D eigenvalue weighted by molar-refractivity contribution is 0.525. The fourth-order valence-electron chi connectivity index (χ4n) is 1.86. The van der Waals surface area contributed by atoms with Crippen molar-refractivity contribution in [2.75, 3.05) is 18.5 Å². The van der Waals surface area contributed by atoms with Crippen molar-refractivity contribution in [3.05, 3.63) is 17.6 Å². The number of nitrogens with zero attached hydrogens (tertiary/aromatic N) is 3. The highest BCUT2D eigenvalue weighted by molar-refractivity contribution is 5.50. The normalized spacial score (nSPS) is 15.8. The highest BCUT2D eigenvalue weighted by Gasteiger charge is 2.24. The Morgan fingerprint density at radius 3 is 2.75 bits per heavy atom. The molecule has 4 heteroatoms. The Morgan fingerprint density at radius 2 is 2.06 bits per heavy atom. The van der Waals surface area contributed by atoms with Gasteiger partial charge in [-0.15, -0.1) is 0 Å². The van der Waals surface area contributed by atoms with E-state index in [1.807, 2.05) is 0 Å². The summed E-state index contributed by atoms with van der Waals surface area (Å²) in [7, 11) is 2.09. The molecule has 0 amide bonds. The number of rotatable bonds is 1. The zero-order chi connectivity index (χ0) is 11.8. The van der Waals surface area contributed by atoms with Crippen LogP contribution in [0.4, 0.5) is 5.82 Å². The molecule has 4 nitrogen and oxygen atoms in total. The van der Waals surface area contributed by atoms with Gasteiger partial charge in [0.2, 0.25) is 0 Å². The molecule has 1 aromatic rings. The van der Waals surface area contributed by atoms with Gasteiger partial charge in [0.15, 0.2) is 0 Å². The molecule has 0 atom stereocenters. The third kappa shape index (κ3) is 2.02. The number of hydrogen-bond donors (Lipinski definition) is 1. The number of nitrogens with one attached hydrogen (secondary N) is 1. The minimum Gasteiger partial charge on any atom is -0.354 e. The minimum absolute atomic E-state index is 0.0829. The van der Waals surface area contributed by atoms with Gasteiger partial charge in [-0.25, -0.2) is 9.97 Å². The largest absolute Gasteiger partial charge is 0.354 e. The van der Waals surface area contributed by atoms with Gasteiger partial charge in [-0.05, 0) is 20.8 Å². The molecule has 16 heavy (non-hydrogen) atoms. The maximum absolute atomic E-state index is 4.43. The van der Waals surface area contributed by atoms with Crippen molar-refractivity contribution in [2.45, 2.75) is 39.3 Å². The van der Waals surface area contributed by atoms with Crippen LogP contribution in [0.3, 0.4) is 0 Å². The predicted molar refractivity (Wildman–Crippen MR) is 65.6 cm³/mol. The van der Waals surface area contributed by atoms with E-state index in [1.54, 1.807) is 6.33 Å². The van der Waals surface area contributed by atoms with E-state index in [4.69, 9.17) is 0 Å². The second-order valence-electron chi connectivity index (χ2n) is 5.28. The SMILES string of the molecule is CN(c1ncnc2c1CNCC2)C(C)(C)C. The number of anilines is 1. The van der Waals surface area contributed by atoms with Crippen molar-refractivity contribution in [1.82, 2.24) is 15.3 Å². The molecule has 0 fully saturated rings. The topological polar surface area (TPSA) is 41.1 Å². The average molecular weight is 220 g/mol. The van der Waals surface area contributed by atoms with Crippen LogP contribution in [0, 0.1) is 0 Å². The molecule has 0 aromatic carbocycles. The monoisotopic (exact) mass is 220 g/mol. The van der Waals surface area contributed by atoms with Gasteiger partial charge in [-0.1, -0.05) is 0 Å². The van der Waals surface area contributed by atoms with Gasteiger partial charge < -0.3 is 10.2 Å². The summed E-state index contributed by atoms with van der Waals surface area (Å²) in [5.41, 5.74) is 2.53. The molecule has 2 rings (SSSR count). The van der Waals surface area contributed by atoms with Crippen LogP contribution in [-0.4, -0.2) is 29.1 Å². The van der Waals surface area contributed by atoms with Gasteiger partial charge in [0.05, 0.1) is 5.69 Å². The molecule has 0 saturated carbocycles. The summed E-state index contributed by atoms with van der Waals surface area (Å²) in [5, 5.41) is 3.38. The number of hydrogen-bond acceptors (Lipinski definition) is 4. The molecule has 0 unspecified atom stereocenters. The van der Waals surface area contributed by atoms with Crippen LogP contribution >= 0.6 is 0 Å². The summed E-state index contributed by atoms with van der Waals surface area (Å²) in [5.74, 6) is 1.06. The third-order valence-corrected chi connectivity index (χ3v) is 3.18. The molecule has 0 spiro atoms. The van der Waals surface area contributed by atoms with Gasteiger partial charge >= 0.3 is 0 Å². The molecule has 0 saturated heterocycles. The smallest absolute Gasteiger partial charge is 0.136 e. The van der Waals surface area contributed by atoms with Gasteiger partial charge in [0, 0.05) is 37.7 Å². The quantitative estimate of drug-likeness (QED) is 0.776.